The van der Waals surface area contributed by atoms with Gasteiger partial charge >= 0.3 is 5.97 Å². The number of methoxy groups -OCH3 is 1. The van der Waals surface area contributed by atoms with Crippen LogP contribution in [0.1, 0.15) is 17.9 Å². The van der Waals surface area contributed by atoms with Crippen molar-refractivity contribution < 1.29 is 18.7 Å². The summed E-state index contributed by atoms with van der Waals surface area (Å²) in [6, 6.07) is 14.7. The second-order valence-electron chi connectivity index (χ2n) is 5.64. The number of nitrogens with zero attached hydrogens (tertiary/aromatic N) is 1. The largest absolute Gasteiger partial charge is 0.497 e. The Morgan fingerprint density at radius 3 is 2.54 bits per heavy atom. The van der Waals surface area contributed by atoms with Gasteiger partial charge in [0.05, 0.1) is 13.5 Å². The van der Waals surface area contributed by atoms with E-state index in [4.69, 9.17) is 25.5 Å². The van der Waals surface area contributed by atoms with E-state index in [1.54, 1.807) is 25.5 Å². The quantitative estimate of drug-likeness (QED) is 0.564. The summed E-state index contributed by atoms with van der Waals surface area (Å²) in [7, 11) is 1.61. The first-order valence-corrected chi connectivity index (χ1v) is 8.51. The SMILES string of the molecule is COc1ccc(COC(=O)CCc2nc(-c3ccc(Cl)cc3)co2)cc1. The molecule has 134 valence electrons. The molecule has 0 atom stereocenters. The van der Waals surface area contributed by atoms with Crippen LogP contribution in [-0.2, 0) is 22.6 Å². The Labute approximate surface area is 156 Å². The second-order valence-corrected chi connectivity index (χ2v) is 6.08. The van der Waals surface area contributed by atoms with Crippen LogP contribution in [0.15, 0.2) is 59.2 Å². The van der Waals surface area contributed by atoms with Gasteiger partial charge in [-0.1, -0.05) is 35.9 Å². The predicted molar refractivity (Wildman–Crippen MR) is 98.1 cm³/mol. The molecule has 0 aliphatic rings. The highest BCUT2D eigenvalue weighted by Crippen LogP contribution is 2.21. The van der Waals surface area contributed by atoms with Crippen LogP contribution in [0.25, 0.3) is 11.3 Å². The van der Waals surface area contributed by atoms with Crippen molar-refractivity contribution >= 4 is 17.6 Å². The minimum atomic E-state index is -0.299. The summed E-state index contributed by atoms with van der Waals surface area (Å²) < 4.78 is 15.8. The topological polar surface area (TPSA) is 61.6 Å². The van der Waals surface area contributed by atoms with Gasteiger partial charge in [0, 0.05) is 17.0 Å². The zero-order valence-corrected chi connectivity index (χ0v) is 15.0. The van der Waals surface area contributed by atoms with Crippen LogP contribution in [0.5, 0.6) is 5.75 Å². The molecule has 1 aromatic heterocycles. The van der Waals surface area contributed by atoms with E-state index in [9.17, 15) is 4.79 Å². The standard InChI is InChI=1S/C20H18ClNO4/c1-24-17-8-2-14(3-9-17)12-26-20(23)11-10-19-22-18(13-25-19)15-4-6-16(21)7-5-15/h2-9,13H,10-12H2,1H3. The van der Waals surface area contributed by atoms with Gasteiger partial charge in [0.25, 0.3) is 0 Å². The summed E-state index contributed by atoms with van der Waals surface area (Å²) in [5, 5.41) is 0.664. The Hall–Kier alpha value is -2.79. The monoisotopic (exact) mass is 371 g/mol. The fraction of sp³-hybridized carbons (Fsp3) is 0.200. The van der Waals surface area contributed by atoms with E-state index in [1.807, 2.05) is 36.4 Å². The van der Waals surface area contributed by atoms with Crippen LogP contribution in [-0.4, -0.2) is 18.1 Å². The first kappa shape index (κ1) is 18.0. The van der Waals surface area contributed by atoms with Crippen LogP contribution in [0.4, 0.5) is 0 Å². The maximum absolute atomic E-state index is 11.9. The van der Waals surface area contributed by atoms with E-state index in [0.717, 1.165) is 16.9 Å². The normalized spacial score (nSPS) is 10.5. The van der Waals surface area contributed by atoms with Gasteiger partial charge in [0.1, 0.15) is 24.3 Å². The summed E-state index contributed by atoms with van der Waals surface area (Å²) in [4.78, 5) is 16.3. The molecule has 0 spiro atoms. The third kappa shape index (κ3) is 4.86. The molecule has 0 aliphatic heterocycles. The third-order valence-electron chi connectivity index (χ3n) is 3.79. The van der Waals surface area contributed by atoms with E-state index in [0.29, 0.717) is 23.0 Å². The molecule has 0 bridgehead atoms. The number of ether oxygens (including phenoxy) is 2. The van der Waals surface area contributed by atoms with Gasteiger partial charge < -0.3 is 13.9 Å². The zero-order valence-electron chi connectivity index (χ0n) is 14.3. The number of hydrogen-bond acceptors (Lipinski definition) is 5. The number of carbonyl (C=O) groups is 1. The molecule has 1 heterocycles. The van der Waals surface area contributed by atoms with Crippen LogP contribution in [0.2, 0.25) is 5.02 Å². The Balaban J connectivity index is 1.47. The maximum atomic E-state index is 11.9. The molecule has 0 unspecified atom stereocenters. The number of carbonyl (C=O) groups excluding carboxylic acids is 1. The minimum Gasteiger partial charge on any atom is -0.497 e. The molecule has 0 saturated heterocycles. The summed E-state index contributed by atoms with van der Waals surface area (Å²) >= 11 is 5.88. The maximum Gasteiger partial charge on any atom is 0.306 e. The highest BCUT2D eigenvalue weighted by Gasteiger charge is 2.10. The summed E-state index contributed by atoms with van der Waals surface area (Å²) in [6.45, 7) is 0.227. The molecule has 0 aliphatic carbocycles. The van der Waals surface area contributed by atoms with Gasteiger partial charge in [-0.3, -0.25) is 4.79 Å². The average molecular weight is 372 g/mol. The lowest BCUT2D eigenvalue weighted by molar-refractivity contribution is -0.145. The molecule has 26 heavy (non-hydrogen) atoms. The summed E-state index contributed by atoms with van der Waals surface area (Å²) in [6.07, 6.45) is 2.16. The van der Waals surface area contributed by atoms with E-state index in [-0.39, 0.29) is 19.0 Å². The highest BCUT2D eigenvalue weighted by molar-refractivity contribution is 6.30. The summed E-state index contributed by atoms with van der Waals surface area (Å²) in [5.74, 6) is 0.962. The van der Waals surface area contributed by atoms with Crippen molar-refractivity contribution in [3.05, 3.63) is 71.3 Å². The van der Waals surface area contributed by atoms with Gasteiger partial charge in [-0.05, 0) is 29.8 Å². The number of halogens is 1. The molecule has 3 rings (SSSR count). The van der Waals surface area contributed by atoms with Gasteiger partial charge in [0.15, 0.2) is 5.89 Å². The molecule has 3 aromatic rings. The fourth-order valence-electron chi connectivity index (χ4n) is 2.35. The smallest absolute Gasteiger partial charge is 0.306 e. The van der Waals surface area contributed by atoms with Crippen molar-refractivity contribution in [3.63, 3.8) is 0 Å². The Morgan fingerprint density at radius 2 is 1.85 bits per heavy atom. The van der Waals surface area contributed by atoms with Crippen molar-refractivity contribution in [3.8, 4) is 17.0 Å². The van der Waals surface area contributed by atoms with E-state index in [2.05, 4.69) is 4.98 Å². The van der Waals surface area contributed by atoms with Crippen molar-refractivity contribution in [1.82, 2.24) is 4.98 Å². The Kier molecular flexibility index (Phi) is 5.92. The molecule has 5 nitrogen and oxygen atoms in total. The van der Waals surface area contributed by atoms with Gasteiger partial charge in [0.2, 0.25) is 0 Å². The molecule has 2 aromatic carbocycles. The number of rotatable bonds is 7. The van der Waals surface area contributed by atoms with Crippen molar-refractivity contribution in [2.45, 2.75) is 19.4 Å². The lowest BCUT2D eigenvalue weighted by atomic mass is 10.2. The molecular formula is C20H18ClNO4. The Bertz CT molecular complexity index is 856. The molecule has 0 fully saturated rings. The first-order chi connectivity index (χ1) is 12.6. The summed E-state index contributed by atoms with van der Waals surface area (Å²) in [5.41, 5.74) is 2.52. The molecular weight excluding hydrogens is 354 g/mol. The molecule has 0 N–H and O–H groups in total. The van der Waals surface area contributed by atoms with Gasteiger partial charge in [-0.15, -0.1) is 0 Å². The van der Waals surface area contributed by atoms with Gasteiger partial charge in [-0.2, -0.15) is 0 Å². The number of oxazole rings is 1. The second kappa shape index (κ2) is 8.54. The van der Waals surface area contributed by atoms with Crippen LogP contribution < -0.4 is 4.74 Å². The number of aromatic nitrogens is 1. The predicted octanol–water partition coefficient (Wildman–Crippen LogP) is 4.68. The minimum absolute atomic E-state index is 0.205. The van der Waals surface area contributed by atoms with Crippen LogP contribution in [0.3, 0.4) is 0 Å². The molecule has 6 heteroatoms. The lowest BCUT2D eigenvalue weighted by Crippen LogP contribution is -2.06. The van der Waals surface area contributed by atoms with Gasteiger partial charge in [-0.25, -0.2) is 4.98 Å². The van der Waals surface area contributed by atoms with Crippen LogP contribution >= 0.6 is 11.6 Å². The number of hydrogen-bond donors (Lipinski definition) is 0. The fourth-order valence-corrected chi connectivity index (χ4v) is 2.47. The average Bonchev–Trinajstić information content (AvgIpc) is 3.14. The molecule has 0 radical (unpaired) electrons. The number of esters is 1. The molecule has 0 amide bonds. The van der Waals surface area contributed by atoms with E-state index in [1.165, 1.54) is 0 Å². The number of aryl methyl sites for hydroxylation is 1. The lowest BCUT2D eigenvalue weighted by Gasteiger charge is -2.05. The first-order valence-electron chi connectivity index (χ1n) is 8.13. The third-order valence-corrected chi connectivity index (χ3v) is 4.05. The molecule has 0 saturated carbocycles. The van der Waals surface area contributed by atoms with Crippen molar-refractivity contribution in [1.29, 1.82) is 0 Å². The highest BCUT2D eigenvalue weighted by atomic mass is 35.5. The number of benzene rings is 2. The van der Waals surface area contributed by atoms with Crippen molar-refractivity contribution in [2.75, 3.05) is 7.11 Å². The van der Waals surface area contributed by atoms with Crippen LogP contribution in [0, 0.1) is 0 Å². The van der Waals surface area contributed by atoms with E-state index < -0.39 is 0 Å². The Morgan fingerprint density at radius 1 is 1.12 bits per heavy atom. The zero-order chi connectivity index (χ0) is 18.4. The van der Waals surface area contributed by atoms with E-state index >= 15 is 0 Å². The van der Waals surface area contributed by atoms with Crippen molar-refractivity contribution in [2.24, 2.45) is 0 Å².